The maximum absolute atomic E-state index is 7.27. The van der Waals surface area contributed by atoms with E-state index < -0.39 is 5.41 Å². The number of fused-ring (bicyclic) bond motifs is 6. The summed E-state index contributed by atoms with van der Waals surface area (Å²) in [5.74, 6) is 0. The summed E-state index contributed by atoms with van der Waals surface area (Å²) in [6.45, 7) is 5.64. The second kappa shape index (κ2) is 18.6. The minimum Gasteiger partial charge on any atom is -0.457 e. The third-order valence-electron chi connectivity index (χ3n) is 14.1. The van der Waals surface area contributed by atoms with Crippen molar-refractivity contribution < 1.29 is 8.83 Å². The monoisotopic (exact) mass is 893 g/mol. The van der Waals surface area contributed by atoms with E-state index in [0.717, 1.165) is 0 Å². The van der Waals surface area contributed by atoms with Crippen LogP contribution in [0.5, 0.6) is 0 Å². The molecule has 288 valence electrons. The van der Waals surface area contributed by atoms with Crippen molar-refractivity contribution in [2.75, 3.05) is 4.90 Å². The SMILES string of the molecule is [B]c1c([B])c([B])c(-c2c([B])c([B])c(N(c3c([B])c([B])c([B])c4oc5c([B])c(C(C)(C)C)c([B])c([B])c5c34)c3c([B])c([B])c([B])c4oc5c([B])c([B])c(-c6c([B])c([B])c([B])c([B])c6[B])c([B])c5c34)c([B])c2[B])c([B])c1[B]. The van der Waals surface area contributed by atoms with Gasteiger partial charge in [-0.1, -0.05) is 125 Å². The lowest BCUT2D eigenvalue weighted by Crippen LogP contribution is -2.57. The second-order valence-corrected chi connectivity index (χ2v) is 19.3. The normalized spacial score (nSPS) is 12.0. The Hall–Kier alpha value is -4.37. The molecule has 9 aromatic rings. The topological polar surface area (TPSA) is 29.5 Å². The van der Waals surface area contributed by atoms with E-state index in [1.54, 1.807) is 0 Å². The smallest absolute Gasteiger partial charge is 0.129 e. The Kier molecular flexibility index (Phi) is 13.8. The van der Waals surface area contributed by atoms with Crippen molar-refractivity contribution in [3.8, 4) is 22.3 Å². The molecule has 0 saturated carbocycles. The number of benzene rings is 7. The average Bonchev–Trinajstić information content (AvgIpc) is 3.96. The molecule has 2 heterocycles. The first-order valence-electron chi connectivity index (χ1n) is 22.2. The fraction of sp³-hybridized carbons (Fsp3) is 0.0870. The van der Waals surface area contributed by atoms with Crippen LogP contribution in [0, 0.1) is 0 Å². The molecular weight excluding hydrogens is 880 g/mol. The number of hydrogen-bond acceptors (Lipinski definition) is 3. The number of hydrogen-bond donors (Lipinski definition) is 0. The molecule has 0 atom stereocenters. The van der Waals surface area contributed by atoms with E-state index in [9.17, 15) is 0 Å². The first kappa shape index (κ1) is 55.4. The van der Waals surface area contributed by atoms with Gasteiger partial charge < -0.3 is 13.7 Å². The molecule has 9 rings (SSSR count). The number of rotatable bonds is 5. The maximum Gasteiger partial charge on any atom is 0.129 e. The molecule has 0 saturated heterocycles. The van der Waals surface area contributed by atoms with Crippen molar-refractivity contribution in [2.45, 2.75) is 26.2 Å². The van der Waals surface area contributed by atoms with Gasteiger partial charge in [-0.05, 0) is 27.7 Å². The molecule has 0 aliphatic heterocycles. The zero-order chi connectivity index (χ0) is 55.7. The summed E-state index contributed by atoms with van der Waals surface area (Å²) < 4.78 is 13.1. The minimum atomic E-state index is -0.687. The zero-order valence-electron chi connectivity index (χ0n) is 40.8. The van der Waals surface area contributed by atoms with Crippen LogP contribution >= 0.6 is 0 Å². The number of anilines is 3. The third-order valence-corrected chi connectivity index (χ3v) is 14.1. The van der Waals surface area contributed by atoms with Crippen LogP contribution in [0.25, 0.3) is 66.1 Å². The van der Waals surface area contributed by atoms with Gasteiger partial charge in [0.15, 0.2) is 0 Å². The van der Waals surface area contributed by atoms with Crippen LogP contribution in [0.3, 0.4) is 0 Å². The summed E-state index contributed by atoms with van der Waals surface area (Å²) in [5.41, 5.74) is -6.29. The highest BCUT2D eigenvalue weighted by Crippen LogP contribution is 2.43. The predicted octanol–water partition coefficient (Wildman–Crippen LogP) is -17.8. The summed E-state index contributed by atoms with van der Waals surface area (Å²) in [5, 5.41) is -0.00895. The van der Waals surface area contributed by atoms with Crippen molar-refractivity contribution >= 4 is 407 Å². The van der Waals surface area contributed by atoms with Gasteiger partial charge in [0, 0.05) is 16.5 Å². The molecule has 0 bridgehead atoms. The van der Waals surface area contributed by atoms with E-state index >= 15 is 0 Å². The van der Waals surface area contributed by atoms with Crippen molar-refractivity contribution in [3.05, 3.63) is 5.56 Å². The van der Waals surface area contributed by atoms with E-state index in [2.05, 4.69) is 0 Å². The van der Waals surface area contributed by atoms with Crippen molar-refractivity contribution in [1.82, 2.24) is 0 Å². The zero-order valence-corrected chi connectivity index (χ0v) is 40.8. The van der Waals surface area contributed by atoms with E-state index in [1.165, 1.54) is 4.90 Å². The molecule has 52 radical (unpaired) electrons. The standard InChI is InChI=1S/C46H9B26NO2/c1-46(2,3)12-22(56)21(55)9-11-40(35(69)31(65)38(72)45(11)74-42(9)23(12)57)73(41-32(66)18(52)7(19(53)33(41)67)6-16(50)26(60)29(63)27(61)17(6)51)39-10-8-13(47)4(5-14(48)24(58)28(62)25(59)15(5)49)20(54)36(70)43(8)75-44(10)37(71)30(64)34(39)68/h1-3H3. The van der Waals surface area contributed by atoms with Gasteiger partial charge in [-0.2, -0.15) is 0 Å². The van der Waals surface area contributed by atoms with Gasteiger partial charge in [0.25, 0.3) is 0 Å². The molecule has 0 unspecified atom stereocenters. The highest BCUT2D eigenvalue weighted by molar-refractivity contribution is 6.74. The van der Waals surface area contributed by atoms with E-state index in [4.69, 9.17) is 213 Å². The molecule has 3 nitrogen and oxygen atoms in total. The van der Waals surface area contributed by atoms with Crippen LogP contribution < -0.4 is 147 Å². The second-order valence-electron chi connectivity index (χ2n) is 19.3. The molecule has 0 N–H and O–H groups in total. The largest absolute Gasteiger partial charge is 0.457 e. The summed E-state index contributed by atoms with van der Waals surface area (Å²) in [7, 11) is 176. The highest BCUT2D eigenvalue weighted by Gasteiger charge is 2.35. The van der Waals surface area contributed by atoms with Gasteiger partial charge in [-0.25, -0.2) is 0 Å². The molecule has 29 heteroatoms. The Labute approximate surface area is 471 Å². The Bertz CT molecular complexity index is 4050. The van der Waals surface area contributed by atoms with Crippen LogP contribution in [0.2, 0.25) is 0 Å². The fourth-order valence-corrected chi connectivity index (χ4v) is 10.1. The van der Waals surface area contributed by atoms with Crippen LogP contribution in [-0.2, 0) is 5.41 Å². The lowest BCUT2D eigenvalue weighted by atomic mass is 9.56. The average molecular weight is 889 g/mol. The van der Waals surface area contributed by atoms with Gasteiger partial charge in [0.1, 0.15) is 226 Å². The molecule has 0 aliphatic rings. The van der Waals surface area contributed by atoms with Gasteiger partial charge in [0.2, 0.25) is 0 Å². The van der Waals surface area contributed by atoms with Gasteiger partial charge in [-0.3, -0.25) is 0 Å². The molecule has 0 amide bonds. The first-order valence-corrected chi connectivity index (χ1v) is 22.2. The quantitative estimate of drug-likeness (QED) is 0.161. The molecule has 0 spiro atoms. The summed E-state index contributed by atoms with van der Waals surface area (Å²) >= 11 is 0. The lowest BCUT2D eigenvalue weighted by molar-refractivity contribution is 0.596. The van der Waals surface area contributed by atoms with E-state index in [1.807, 2.05) is 20.8 Å². The molecule has 0 aliphatic carbocycles. The molecular formula is C46H9B26NO2. The van der Waals surface area contributed by atoms with Crippen LogP contribution in [0.15, 0.2) is 8.83 Å². The first-order chi connectivity index (χ1) is 34.8. The van der Waals surface area contributed by atoms with Crippen LogP contribution in [-0.4, -0.2) is 204 Å². The van der Waals surface area contributed by atoms with Gasteiger partial charge in [0.05, 0.1) is 22.1 Å². The van der Waals surface area contributed by atoms with Crippen molar-refractivity contribution in [2.24, 2.45) is 0 Å². The summed E-state index contributed by atoms with van der Waals surface area (Å²) in [6.07, 6.45) is 0. The Balaban J connectivity index is 1.60. The fourth-order valence-electron chi connectivity index (χ4n) is 10.1. The maximum atomic E-state index is 7.27. The van der Waals surface area contributed by atoms with Crippen LogP contribution in [0.1, 0.15) is 26.3 Å². The molecule has 2 aromatic heterocycles. The van der Waals surface area contributed by atoms with E-state index in [0.29, 0.717) is 5.56 Å². The lowest BCUT2D eigenvalue weighted by Gasteiger charge is -2.38. The summed E-state index contributed by atoms with van der Waals surface area (Å²) in [4.78, 5) is 1.31. The number of furan rings is 2. The van der Waals surface area contributed by atoms with E-state index in [-0.39, 0.29) is 225 Å². The van der Waals surface area contributed by atoms with Gasteiger partial charge >= 0.3 is 0 Å². The van der Waals surface area contributed by atoms with Crippen LogP contribution in [0.4, 0.5) is 17.1 Å². The predicted molar refractivity (Wildman–Crippen MR) is 345 cm³/mol. The Morgan fingerprint density at radius 3 is 0.827 bits per heavy atom. The minimum absolute atomic E-state index is 0.0136. The van der Waals surface area contributed by atoms with Gasteiger partial charge in [-0.15, -0.1) is 43.7 Å². The third kappa shape index (κ3) is 7.53. The Morgan fingerprint density at radius 2 is 0.467 bits per heavy atom. The van der Waals surface area contributed by atoms with Crippen molar-refractivity contribution in [1.29, 1.82) is 0 Å². The van der Waals surface area contributed by atoms with Crippen molar-refractivity contribution in [3.63, 3.8) is 0 Å². The molecule has 75 heavy (non-hydrogen) atoms. The summed E-state index contributed by atoms with van der Waals surface area (Å²) in [6, 6.07) is 0. The Morgan fingerprint density at radius 1 is 0.227 bits per heavy atom. The molecule has 0 fully saturated rings. The highest BCUT2D eigenvalue weighted by atomic mass is 16.3. The molecule has 7 aromatic carbocycles. The number of nitrogens with zero attached hydrogens (tertiary/aromatic N) is 1.